The molecule has 5 nitrogen and oxygen atoms in total. The maximum Gasteiger partial charge on any atom is 0.192 e. The van der Waals surface area contributed by atoms with E-state index in [9.17, 15) is 4.79 Å². The van der Waals surface area contributed by atoms with Crippen LogP contribution in [0.4, 0.5) is 0 Å². The lowest BCUT2D eigenvalue weighted by Gasteiger charge is -1.95. The molecule has 0 saturated carbocycles. The van der Waals surface area contributed by atoms with Crippen molar-refractivity contribution in [2.45, 2.75) is 13.3 Å². The van der Waals surface area contributed by atoms with Crippen molar-refractivity contribution in [3.05, 3.63) is 33.2 Å². The number of rotatable bonds is 4. The Kier molecular flexibility index (Phi) is 3.65. The van der Waals surface area contributed by atoms with E-state index in [1.165, 1.54) is 11.3 Å². The maximum atomic E-state index is 11.8. The van der Waals surface area contributed by atoms with Gasteiger partial charge in [0, 0.05) is 30.9 Å². The molecule has 0 unspecified atom stereocenters. The molecule has 90 valence electrons. The third-order valence-electron chi connectivity index (χ3n) is 2.34. The summed E-state index contributed by atoms with van der Waals surface area (Å²) in [7, 11) is 1.90. The molecule has 17 heavy (non-hydrogen) atoms. The highest BCUT2D eigenvalue weighted by Crippen LogP contribution is 2.20. The first-order valence-electron chi connectivity index (χ1n) is 5.37. The predicted molar refractivity (Wildman–Crippen MR) is 68.3 cm³/mol. The minimum Gasteiger partial charge on any atom is -0.364 e. The van der Waals surface area contributed by atoms with Crippen molar-refractivity contribution in [1.82, 2.24) is 20.5 Å². The van der Waals surface area contributed by atoms with Gasteiger partial charge in [0.1, 0.15) is 5.01 Å². The summed E-state index contributed by atoms with van der Waals surface area (Å²) in [6.45, 7) is 2.71. The van der Waals surface area contributed by atoms with Gasteiger partial charge in [-0.1, -0.05) is 11.3 Å². The number of hydrogen-bond donors (Lipinski definition) is 2. The Balaban J connectivity index is 2.27. The summed E-state index contributed by atoms with van der Waals surface area (Å²) in [5.74, 6) is 0. The van der Waals surface area contributed by atoms with Gasteiger partial charge in [-0.25, -0.2) is 0 Å². The molecule has 0 aliphatic heterocycles. The number of aromatic nitrogens is 3. The number of aromatic amines is 1. The van der Waals surface area contributed by atoms with Crippen LogP contribution in [-0.4, -0.2) is 28.8 Å². The van der Waals surface area contributed by atoms with Crippen LogP contribution in [0.15, 0.2) is 17.1 Å². The van der Waals surface area contributed by atoms with E-state index < -0.39 is 0 Å². The Labute approximate surface area is 103 Å². The van der Waals surface area contributed by atoms with Gasteiger partial charge in [-0.2, -0.15) is 0 Å². The van der Waals surface area contributed by atoms with Gasteiger partial charge >= 0.3 is 0 Å². The molecule has 0 fully saturated rings. The Morgan fingerprint density at radius 3 is 3.00 bits per heavy atom. The molecule has 2 N–H and O–H groups in total. The smallest absolute Gasteiger partial charge is 0.192 e. The summed E-state index contributed by atoms with van der Waals surface area (Å²) in [6.07, 6.45) is 2.53. The lowest BCUT2D eigenvalue weighted by atomic mass is 10.2. The molecule has 0 amide bonds. The summed E-state index contributed by atoms with van der Waals surface area (Å²) in [6, 6.07) is 1.57. The van der Waals surface area contributed by atoms with E-state index in [0.717, 1.165) is 23.7 Å². The normalized spacial score (nSPS) is 10.7. The zero-order valence-corrected chi connectivity index (χ0v) is 10.6. The molecule has 0 bridgehead atoms. The first kappa shape index (κ1) is 11.9. The first-order chi connectivity index (χ1) is 8.20. The van der Waals surface area contributed by atoms with Crippen LogP contribution in [0.3, 0.4) is 0 Å². The molecular formula is C11H14N4OS. The van der Waals surface area contributed by atoms with E-state index in [1.807, 2.05) is 14.0 Å². The molecule has 0 aromatic carbocycles. The Bertz CT molecular complexity index is 561. The van der Waals surface area contributed by atoms with E-state index in [-0.39, 0.29) is 5.43 Å². The summed E-state index contributed by atoms with van der Waals surface area (Å²) in [5, 5.41) is 12.8. The average Bonchev–Trinajstić information content (AvgIpc) is 2.75. The van der Waals surface area contributed by atoms with Crippen LogP contribution in [0.1, 0.15) is 10.7 Å². The second-order valence-corrected chi connectivity index (χ2v) is 4.81. The van der Waals surface area contributed by atoms with E-state index in [2.05, 4.69) is 20.5 Å². The van der Waals surface area contributed by atoms with Crippen molar-refractivity contribution in [2.24, 2.45) is 0 Å². The molecule has 0 aliphatic rings. The summed E-state index contributed by atoms with van der Waals surface area (Å²) in [4.78, 5) is 14.8. The number of nitrogens with one attached hydrogen (secondary N) is 2. The number of aryl methyl sites for hydroxylation is 1. The van der Waals surface area contributed by atoms with Crippen LogP contribution in [0.5, 0.6) is 0 Å². The number of nitrogens with zero attached hydrogens (tertiary/aromatic N) is 2. The lowest BCUT2D eigenvalue weighted by Crippen LogP contribution is -2.09. The van der Waals surface area contributed by atoms with E-state index in [4.69, 9.17) is 0 Å². The minimum atomic E-state index is -0.0161. The minimum absolute atomic E-state index is 0.0161. The number of likely N-dealkylation sites (N-methyl/N-ethyl adjacent to an activating group) is 1. The number of pyridine rings is 1. The lowest BCUT2D eigenvalue weighted by molar-refractivity contribution is 0.779. The fourth-order valence-electron chi connectivity index (χ4n) is 1.44. The third-order valence-corrected chi connectivity index (χ3v) is 3.36. The monoisotopic (exact) mass is 250 g/mol. The standard InChI is InChI=1S/C11H14N4OS/c1-7-5-9(16)8(6-13-7)11-15-14-10(17-11)3-4-12-2/h5-6,12H,3-4H2,1-2H3,(H,13,16). The summed E-state index contributed by atoms with van der Waals surface area (Å²) < 4.78 is 0. The van der Waals surface area contributed by atoms with Crippen molar-refractivity contribution in [2.75, 3.05) is 13.6 Å². The van der Waals surface area contributed by atoms with Gasteiger partial charge in [0.15, 0.2) is 10.4 Å². The van der Waals surface area contributed by atoms with E-state index >= 15 is 0 Å². The fraction of sp³-hybridized carbons (Fsp3) is 0.364. The zero-order valence-electron chi connectivity index (χ0n) is 9.78. The van der Waals surface area contributed by atoms with Crippen molar-refractivity contribution in [3.63, 3.8) is 0 Å². The van der Waals surface area contributed by atoms with Gasteiger partial charge < -0.3 is 10.3 Å². The molecule has 2 aromatic rings. The Morgan fingerprint density at radius 2 is 2.29 bits per heavy atom. The highest BCUT2D eigenvalue weighted by Gasteiger charge is 2.09. The number of hydrogen-bond acceptors (Lipinski definition) is 5. The van der Waals surface area contributed by atoms with Gasteiger partial charge in [0.25, 0.3) is 0 Å². The third kappa shape index (κ3) is 2.78. The molecule has 0 saturated heterocycles. The highest BCUT2D eigenvalue weighted by atomic mass is 32.1. The van der Waals surface area contributed by atoms with Crippen LogP contribution in [0.2, 0.25) is 0 Å². The number of H-pyrrole nitrogens is 1. The van der Waals surface area contributed by atoms with Crippen LogP contribution in [0, 0.1) is 6.92 Å². The van der Waals surface area contributed by atoms with Crippen molar-refractivity contribution >= 4 is 11.3 Å². The molecule has 2 aromatic heterocycles. The van der Waals surface area contributed by atoms with Gasteiger partial charge in [-0.05, 0) is 14.0 Å². The zero-order chi connectivity index (χ0) is 12.3. The quantitative estimate of drug-likeness (QED) is 0.848. The van der Waals surface area contributed by atoms with E-state index in [0.29, 0.717) is 10.6 Å². The van der Waals surface area contributed by atoms with Crippen LogP contribution in [0.25, 0.3) is 10.6 Å². The van der Waals surface area contributed by atoms with Crippen molar-refractivity contribution < 1.29 is 0 Å². The SMILES string of the molecule is CNCCc1nnc(-c2c[nH]c(C)cc2=O)s1. The molecule has 0 atom stereocenters. The molecule has 0 aliphatic carbocycles. The highest BCUT2D eigenvalue weighted by molar-refractivity contribution is 7.14. The largest absolute Gasteiger partial charge is 0.364 e. The first-order valence-corrected chi connectivity index (χ1v) is 6.19. The van der Waals surface area contributed by atoms with Gasteiger partial charge in [0.2, 0.25) is 0 Å². The average molecular weight is 250 g/mol. The van der Waals surface area contributed by atoms with Crippen molar-refractivity contribution in [3.8, 4) is 10.6 Å². The van der Waals surface area contributed by atoms with Gasteiger partial charge in [-0.15, -0.1) is 10.2 Å². The van der Waals surface area contributed by atoms with Crippen LogP contribution >= 0.6 is 11.3 Å². The Morgan fingerprint density at radius 1 is 1.47 bits per heavy atom. The van der Waals surface area contributed by atoms with Gasteiger partial charge in [0.05, 0.1) is 5.56 Å². The maximum absolute atomic E-state index is 11.8. The molecule has 2 rings (SSSR count). The van der Waals surface area contributed by atoms with E-state index in [1.54, 1.807) is 12.3 Å². The van der Waals surface area contributed by atoms with Crippen LogP contribution in [-0.2, 0) is 6.42 Å². The second kappa shape index (κ2) is 5.20. The molecule has 2 heterocycles. The topological polar surface area (TPSA) is 70.7 Å². The summed E-state index contributed by atoms with van der Waals surface area (Å²) in [5.41, 5.74) is 1.42. The Hall–Kier alpha value is -1.53. The van der Waals surface area contributed by atoms with Crippen molar-refractivity contribution in [1.29, 1.82) is 0 Å². The van der Waals surface area contributed by atoms with Gasteiger partial charge in [-0.3, -0.25) is 4.79 Å². The fourth-order valence-corrected chi connectivity index (χ4v) is 2.30. The molecule has 0 spiro atoms. The molecule has 0 radical (unpaired) electrons. The second-order valence-electron chi connectivity index (χ2n) is 3.75. The van der Waals surface area contributed by atoms with Crippen LogP contribution < -0.4 is 10.7 Å². The predicted octanol–water partition coefficient (Wildman–Crippen LogP) is 0.964. The summed E-state index contributed by atoms with van der Waals surface area (Å²) >= 11 is 1.46. The molecular weight excluding hydrogens is 236 g/mol. The molecule has 6 heteroatoms.